The summed E-state index contributed by atoms with van der Waals surface area (Å²) < 4.78 is 0. The molecule has 3 heteroatoms. The zero-order valence-electron chi connectivity index (χ0n) is 7.76. The van der Waals surface area contributed by atoms with Crippen molar-refractivity contribution in [1.29, 1.82) is 0 Å². The SMILES string of the molecule is CSCC(C)N(C)CC(C)=O. The molecular formula is C8H17NOS. The highest BCUT2D eigenvalue weighted by Gasteiger charge is 2.08. The minimum atomic E-state index is 0.237. The van der Waals surface area contributed by atoms with Gasteiger partial charge in [-0.2, -0.15) is 11.8 Å². The molecule has 1 unspecified atom stereocenters. The lowest BCUT2D eigenvalue weighted by Crippen LogP contribution is -2.34. The molecule has 0 spiro atoms. The Balaban J connectivity index is 3.63. The van der Waals surface area contributed by atoms with Gasteiger partial charge in [0.05, 0.1) is 6.54 Å². The summed E-state index contributed by atoms with van der Waals surface area (Å²) >= 11 is 1.81. The Morgan fingerprint density at radius 1 is 1.64 bits per heavy atom. The average molecular weight is 175 g/mol. The molecule has 66 valence electrons. The van der Waals surface area contributed by atoms with Gasteiger partial charge >= 0.3 is 0 Å². The van der Waals surface area contributed by atoms with E-state index in [1.807, 2.05) is 18.8 Å². The number of rotatable bonds is 5. The molecule has 0 N–H and O–H groups in total. The van der Waals surface area contributed by atoms with Gasteiger partial charge < -0.3 is 0 Å². The van der Waals surface area contributed by atoms with Crippen LogP contribution in [0.2, 0.25) is 0 Å². The van der Waals surface area contributed by atoms with Gasteiger partial charge in [-0.15, -0.1) is 0 Å². The highest BCUT2D eigenvalue weighted by molar-refractivity contribution is 7.98. The third-order valence-electron chi connectivity index (χ3n) is 1.63. The molecule has 0 aliphatic heterocycles. The van der Waals surface area contributed by atoms with Crippen LogP contribution in [0.25, 0.3) is 0 Å². The van der Waals surface area contributed by atoms with Crippen LogP contribution in [0.3, 0.4) is 0 Å². The highest BCUT2D eigenvalue weighted by Crippen LogP contribution is 2.02. The second-order valence-electron chi connectivity index (χ2n) is 2.92. The summed E-state index contributed by atoms with van der Waals surface area (Å²) in [5, 5.41) is 0. The number of ketones is 1. The first-order valence-corrected chi connectivity index (χ1v) is 5.16. The average Bonchev–Trinajstić information content (AvgIpc) is 1.86. The Labute approximate surface area is 73.3 Å². The molecule has 0 bridgehead atoms. The second kappa shape index (κ2) is 5.61. The lowest BCUT2D eigenvalue weighted by atomic mass is 10.3. The van der Waals surface area contributed by atoms with Gasteiger partial charge in [0.2, 0.25) is 0 Å². The van der Waals surface area contributed by atoms with E-state index in [1.54, 1.807) is 6.92 Å². The van der Waals surface area contributed by atoms with Gasteiger partial charge in [-0.1, -0.05) is 0 Å². The fraction of sp³-hybridized carbons (Fsp3) is 0.875. The predicted molar refractivity (Wildman–Crippen MR) is 51.2 cm³/mol. The molecule has 0 heterocycles. The third kappa shape index (κ3) is 5.27. The van der Waals surface area contributed by atoms with Crippen LogP contribution in [0, 0.1) is 0 Å². The van der Waals surface area contributed by atoms with Crippen molar-refractivity contribution in [2.45, 2.75) is 19.9 Å². The Kier molecular flexibility index (Phi) is 5.60. The number of hydrogen-bond donors (Lipinski definition) is 0. The van der Waals surface area contributed by atoms with Crippen LogP contribution in [0.5, 0.6) is 0 Å². The molecule has 2 nitrogen and oxygen atoms in total. The number of carbonyl (C=O) groups is 1. The lowest BCUT2D eigenvalue weighted by molar-refractivity contribution is -0.118. The number of Topliss-reactive ketones (excluding diaryl/α,β-unsaturated/α-hetero) is 1. The monoisotopic (exact) mass is 175 g/mol. The minimum absolute atomic E-state index is 0.237. The predicted octanol–water partition coefficient (Wildman–Crippen LogP) is 1.26. The highest BCUT2D eigenvalue weighted by atomic mass is 32.2. The lowest BCUT2D eigenvalue weighted by Gasteiger charge is -2.22. The number of likely N-dealkylation sites (N-methyl/N-ethyl adjacent to an activating group) is 1. The topological polar surface area (TPSA) is 20.3 Å². The molecule has 0 aromatic carbocycles. The fourth-order valence-corrected chi connectivity index (χ4v) is 1.61. The minimum Gasteiger partial charge on any atom is -0.299 e. The van der Waals surface area contributed by atoms with Crippen molar-refractivity contribution in [1.82, 2.24) is 4.90 Å². The molecule has 0 radical (unpaired) electrons. The van der Waals surface area contributed by atoms with Gasteiger partial charge in [0, 0.05) is 11.8 Å². The van der Waals surface area contributed by atoms with Crippen molar-refractivity contribution in [3.8, 4) is 0 Å². The zero-order valence-corrected chi connectivity index (χ0v) is 8.57. The molecule has 0 fully saturated rings. The van der Waals surface area contributed by atoms with Crippen LogP contribution in [-0.2, 0) is 4.79 Å². The van der Waals surface area contributed by atoms with Gasteiger partial charge in [-0.05, 0) is 27.2 Å². The van der Waals surface area contributed by atoms with Crippen molar-refractivity contribution in [2.24, 2.45) is 0 Å². The largest absolute Gasteiger partial charge is 0.299 e. The maximum absolute atomic E-state index is 10.7. The standard InChI is InChI=1S/C8H17NOS/c1-7(6-11-4)9(3)5-8(2)10/h7H,5-6H2,1-4H3. The number of hydrogen-bond acceptors (Lipinski definition) is 3. The van der Waals surface area contributed by atoms with Crippen LogP contribution in [0.15, 0.2) is 0 Å². The normalized spacial score (nSPS) is 13.5. The molecule has 0 aliphatic carbocycles. The van der Waals surface area contributed by atoms with Gasteiger partial charge in [-0.25, -0.2) is 0 Å². The van der Waals surface area contributed by atoms with E-state index in [0.29, 0.717) is 12.6 Å². The molecule has 0 saturated heterocycles. The van der Waals surface area contributed by atoms with Crippen molar-refractivity contribution >= 4 is 17.5 Å². The molecule has 1 atom stereocenters. The van der Waals surface area contributed by atoms with Gasteiger partial charge in [-0.3, -0.25) is 9.69 Å². The molecule has 0 aromatic rings. The van der Waals surface area contributed by atoms with Gasteiger partial charge in [0.1, 0.15) is 5.78 Å². The van der Waals surface area contributed by atoms with E-state index in [9.17, 15) is 4.79 Å². The maximum Gasteiger partial charge on any atom is 0.143 e. The van der Waals surface area contributed by atoms with Crippen LogP contribution < -0.4 is 0 Å². The summed E-state index contributed by atoms with van der Waals surface area (Å²) in [6.07, 6.45) is 2.08. The van der Waals surface area contributed by atoms with E-state index in [2.05, 4.69) is 18.1 Å². The van der Waals surface area contributed by atoms with Crippen LogP contribution in [0.4, 0.5) is 0 Å². The quantitative estimate of drug-likeness (QED) is 0.627. The van der Waals surface area contributed by atoms with Crippen molar-refractivity contribution in [3.63, 3.8) is 0 Å². The second-order valence-corrected chi connectivity index (χ2v) is 3.83. The number of thioether (sulfide) groups is 1. The Morgan fingerprint density at radius 2 is 2.18 bits per heavy atom. The Bertz CT molecular complexity index is 127. The molecule has 0 saturated carbocycles. The molecule has 0 amide bonds. The summed E-state index contributed by atoms with van der Waals surface area (Å²) in [4.78, 5) is 12.8. The van der Waals surface area contributed by atoms with Gasteiger partial charge in [0.25, 0.3) is 0 Å². The van der Waals surface area contributed by atoms with Crippen LogP contribution in [-0.4, -0.2) is 42.3 Å². The fourth-order valence-electron chi connectivity index (χ4n) is 0.875. The van der Waals surface area contributed by atoms with E-state index in [4.69, 9.17) is 0 Å². The first-order valence-electron chi connectivity index (χ1n) is 3.76. The first-order chi connectivity index (χ1) is 5.07. The van der Waals surface area contributed by atoms with E-state index < -0.39 is 0 Å². The Morgan fingerprint density at radius 3 is 2.55 bits per heavy atom. The summed E-state index contributed by atoms with van der Waals surface area (Å²) in [5.74, 6) is 1.32. The van der Waals surface area contributed by atoms with Crippen molar-refractivity contribution in [2.75, 3.05) is 25.6 Å². The maximum atomic E-state index is 10.7. The summed E-state index contributed by atoms with van der Waals surface area (Å²) in [7, 11) is 1.99. The van der Waals surface area contributed by atoms with Crippen molar-refractivity contribution in [3.05, 3.63) is 0 Å². The van der Waals surface area contributed by atoms with Gasteiger partial charge in [0.15, 0.2) is 0 Å². The smallest absolute Gasteiger partial charge is 0.143 e. The van der Waals surface area contributed by atoms with Crippen LogP contribution >= 0.6 is 11.8 Å². The third-order valence-corrected chi connectivity index (χ3v) is 2.45. The first kappa shape index (κ1) is 11.0. The molecule has 0 aromatic heterocycles. The number of carbonyl (C=O) groups excluding carboxylic acids is 1. The summed E-state index contributed by atoms with van der Waals surface area (Å²) in [5.41, 5.74) is 0. The van der Waals surface area contributed by atoms with E-state index in [0.717, 1.165) is 5.75 Å². The molecular weight excluding hydrogens is 158 g/mol. The van der Waals surface area contributed by atoms with Crippen molar-refractivity contribution < 1.29 is 4.79 Å². The molecule has 0 rings (SSSR count). The van der Waals surface area contributed by atoms with E-state index >= 15 is 0 Å². The summed E-state index contributed by atoms with van der Waals surface area (Å²) in [6.45, 7) is 4.34. The van der Waals surface area contributed by atoms with E-state index in [-0.39, 0.29) is 5.78 Å². The molecule has 0 aliphatic rings. The zero-order chi connectivity index (χ0) is 8.85. The number of nitrogens with zero attached hydrogens (tertiary/aromatic N) is 1. The molecule has 11 heavy (non-hydrogen) atoms. The van der Waals surface area contributed by atoms with E-state index in [1.165, 1.54) is 0 Å². The Hall–Kier alpha value is -0.0200. The summed E-state index contributed by atoms with van der Waals surface area (Å²) in [6, 6.07) is 0.494. The van der Waals surface area contributed by atoms with Crippen LogP contribution in [0.1, 0.15) is 13.8 Å².